The second kappa shape index (κ2) is 8.85. The molecular weight excluding hydrogens is 398 g/mol. The van der Waals surface area contributed by atoms with Gasteiger partial charge in [0.2, 0.25) is 0 Å². The Balaban J connectivity index is 1.59. The van der Waals surface area contributed by atoms with E-state index in [9.17, 15) is 19.8 Å². The summed E-state index contributed by atoms with van der Waals surface area (Å²) in [7, 11) is 0. The zero-order chi connectivity index (χ0) is 20.8. The molecule has 146 valence electrons. The highest BCUT2D eigenvalue weighted by Gasteiger charge is 2.09. The molecule has 0 saturated carbocycles. The van der Waals surface area contributed by atoms with E-state index in [2.05, 4.69) is 15.7 Å². The van der Waals surface area contributed by atoms with Crippen LogP contribution in [-0.4, -0.2) is 22.1 Å². The molecule has 0 unspecified atom stereocenters. The molecule has 0 aliphatic rings. The summed E-state index contributed by atoms with van der Waals surface area (Å²) in [6, 6.07) is 16.0. The van der Waals surface area contributed by atoms with Crippen LogP contribution in [0.15, 0.2) is 77.0 Å². The van der Waals surface area contributed by atoms with Crippen LogP contribution < -0.4 is 5.48 Å². The Labute approximate surface area is 170 Å². The Morgan fingerprint density at radius 2 is 1.59 bits per heavy atom. The molecule has 0 aliphatic heterocycles. The third-order valence-electron chi connectivity index (χ3n) is 3.59. The largest absolute Gasteiger partial charge is 0.508 e. The summed E-state index contributed by atoms with van der Waals surface area (Å²) >= 11 is 5.83. The number of hydrogen-bond donors (Lipinski definition) is 3. The Bertz CT molecular complexity index is 1060. The van der Waals surface area contributed by atoms with Crippen molar-refractivity contribution in [1.29, 1.82) is 0 Å². The molecule has 0 radical (unpaired) electrons. The number of amides is 1. The van der Waals surface area contributed by atoms with Crippen molar-refractivity contribution in [3.05, 3.63) is 82.9 Å². The summed E-state index contributed by atoms with van der Waals surface area (Å²) in [4.78, 5) is 28.9. The molecule has 3 aromatic carbocycles. The molecule has 0 aromatic heterocycles. The van der Waals surface area contributed by atoms with Gasteiger partial charge in [0.25, 0.3) is 5.91 Å². The zero-order valence-corrected chi connectivity index (χ0v) is 15.5. The van der Waals surface area contributed by atoms with E-state index in [1.807, 2.05) is 0 Å². The van der Waals surface area contributed by atoms with Gasteiger partial charge in [0.05, 0.1) is 22.5 Å². The number of phenolic OH excluding ortho intramolecular Hbond substituents is 2. The molecule has 9 heteroatoms. The predicted octanol–water partition coefficient (Wildman–Crippen LogP) is 4.86. The first kappa shape index (κ1) is 19.8. The molecule has 0 aliphatic carbocycles. The molecule has 8 nitrogen and oxygen atoms in total. The molecule has 0 heterocycles. The van der Waals surface area contributed by atoms with Crippen LogP contribution in [0.1, 0.15) is 20.7 Å². The average Bonchev–Trinajstić information content (AvgIpc) is 2.70. The maximum Gasteiger partial charge on any atom is 0.362 e. The third-order valence-corrected chi connectivity index (χ3v) is 3.83. The van der Waals surface area contributed by atoms with E-state index in [-0.39, 0.29) is 17.1 Å². The maximum atomic E-state index is 12.0. The number of carbonyl (C=O) groups excluding carboxylic acids is 2. The topological polar surface area (TPSA) is 121 Å². The van der Waals surface area contributed by atoms with Gasteiger partial charge in [-0.15, -0.1) is 10.2 Å². The van der Waals surface area contributed by atoms with Gasteiger partial charge >= 0.3 is 5.97 Å². The number of phenols is 2. The second-order valence-electron chi connectivity index (χ2n) is 5.79. The van der Waals surface area contributed by atoms with Crippen LogP contribution in [0.4, 0.5) is 11.4 Å². The first-order valence-corrected chi connectivity index (χ1v) is 8.60. The van der Waals surface area contributed by atoms with Crippen LogP contribution in [0.25, 0.3) is 0 Å². The highest BCUT2D eigenvalue weighted by atomic mass is 35.5. The van der Waals surface area contributed by atoms with Gasteiger partial charge in [0, 0.05) is 11.1 Å². The summed E-state index contributed by atoms with van der Waals surface area (Å²) in [5, 5.41) is 26.6. The fraction of sp³-hybridized carbons (Fsp3) is 0. The van der Waals surface area contributed by atoms with Crippen LogP contribution in [-0.2, 0) is 4.84 Å². The monoisotopic (exact) mass is 411 g/mol. The van der Waals surface area contributed by atoms with E-state index in [1.54, 1.807) is 42.5 Å². The minimum Gasteiger partial charge on any atom is -0.508 e. The number of carbonyl (C=O) groups is 2. The van der Waals surface area contributed by atoms with Gasteiger partial charge in [0.1, 0.15) is 11.5 Å². The maximum absolute atomic E-state index is 12.0. The van der Waals surface area contributed by atoms with Crippen LogP contribution in [0.3, 0.4) is 0 Å². The average molecular weight is 412 g/mol. The number of benzene rings is 3. The van der Waals surface area contributed by atoms with Crippen molar-refractivity contribution in [2.24, 2.45) is 10.2 Å². The van der Waals surface area contributed by atoms with Crippen molar-refractivity contribution >= 4 is 34.9 Å². The summed E-state index contributed by atoms with van der Waals surface area (Å²) in [6.45, 7) is 0. The highest BCUT2D eigenvalue weighted by molar-refractivity contribution is 6.30. The number of nitrogens with one attached hydrogen (secondary N) is 1. The molecule has 0 bridgehead atoms. The van der Waals surface area contributed by atoms with Gasteiger partial charge < -0.3 is 15.1 Å². The summed E-state index contributed by atoms with van der Waals surface area (Å²) in [6.07, 6.45) is 0. The van der Waals surface area contributed by atoms with Crippen LogP contribution in [0, 0.1) is 0 Å². The Morgan fingerprint density at radius 1 is 0.897 bits per heavy atom. The lowest BCUT2D eigenvalue weighted by Gasteiger charge is -2.07. The van der Waals surface area contributed by atoms with Crippen molar-refractivity contribution in [3.63, 3.8) is 0 Å². The molecule has 29 heavy (non-hydrogen) atoms. The SMILES string of the molecule is O=C(N=Nc1ccc(NOC(=O)c2cccc(Cl)c2)cc1)c1cc(O)cc(O)c1. The van der Waals surface area contributed by atoms with Crippen LogP contribution in [0.2, 0.25) is 5.02 Å². The number of halogens is 1. The lowest BCUT2D eigenvalue weighted by atomic mass is 10.2. The number of aromatic hydroxyl groups is 2. The van der Waals surface area contributed by atoms with E-state index in [0.29, 0.717) is 22.0 Å². The smallest absolute Gasteiger partial charge is 0.362 e. The van der Waals surface area contributed by atoms with Gasteiger partial charge in [-0.3, -0.25) is 4.79 Å². The molecule has 0 spiro atoms. The van der Waals surface area contributed by atoms with Crippen LogP contribution >= 0.6 is 11.6 Å². The molecule has 0 saturated heterocycles. The van der Waals surface area contributed by atoms with Crippen molar-refractivity contribution in [3.8, 4) is 11.5 Å². The number of hydrogen-bond acceptors (Lipinski definition) is 7. The molecule has 0 atom stereocenters. The van der Waals surface area contributed by atoms with E-state index in [1.165, 1.54) is 18.2 Å². The minimum atomic E-state index is -0.728. The Hall–Kier alpha value is -3.91. The first-order valence-electron chi connectivity index (χ1n) is 8.22. The molecule has 3 aromatic rings. The lowest BCUT2D eigenvalue weighted by Crippen LogP contribution is -2.10. The van der Waals surface area contributed by atoms with Crippen molar-refractivity contribution in [2.45, 2.75) is 0 Å². The number of azo groups is 1. The third kappa shape index (κ3) is 5.53. The quantitative estimate of drug-likeness (QED) is 0.407. The minimum absolute atomic E-state index is 0.00235. The Kier molecular flexibility index (Phi) is 6.06. The molecule has 3 N–H and O–H groups in total. The molecular formula is C20H14ClN3O5. The van der Waals surface area contributed by atoms with Crippen molar-refractivity contribution < 1.29 is 24.6 Å². The zero-order valence-electron chi connectivity index (χ0n) is 14.7. The fourth-order valence-corrected chi connectivity index (χ4v) is 2.45. The van der Waals surface area contributed by atoms with Gasteiger partial charge in [-0.2, -0.15) is 0 Å². The van der Waals surface area contributed by atoms with Gasteiger partial charge in [-0.1, -0.05) is 17.7 Å². The lowest BCUT2D eigenvalue weighted by molar-refractivity contribution is 0.0596. The van der Waals surface area contributed by atoms with Crippen molar-refractivity contribution in [2.75, 3.05) is 5.48 Å². The molecule has 3 rings (SSSR count). The van der Waals surface area contributed by atoms with Gasteiger partial charge in [0.15, 0.2) is 0 Å². The predicted molar refractivity (Wildman–Crippen MR) is 106 cm³/mol. The van der Waals surface area contributed by atoms with Gasteiger partial charge in [-0.25, -0.2) is 10.3 Å². The Morgan fingerprint density at radius 3 is 2.24 bits per heavy atom. The number of nitrogens with zero attached hydrogens (tertiary/aromatic N) is 2. The van der Waals surface area contributed by atoms with E-state index in [4.69, 9.17) is 16.4 Å². The molecule has 0 fully saturated rings. The second-order valence-corrected chi connectivity index (χ2v) is 6.23. The highest BCUT2D eigenvalue weighted by Crippen LogP contribution is 2.22. The number of anilines is 1. The first-order chi connectivity index (χ1) is 13.9. The van der Waals surface area contributed by atoms with E-state index >= 15 is 0 Å². The fourth-order valence-electron chi connectivity index (χ4n) is 2.26. The summed E-state index contributed by atoms with van der Waals surface area (Å²) < 4.78 is 0. The molecule has 1 amide bonds. The van der Waals surface area contributed by atoms with Crippen molar-refractivity contribution in [1.82, 2.24) is 0 Å². The van der Waals surface area contributed by atoms with E-state index < -0.39 is 11.9 Å². The summed E-state index contributed by atoms with van der Waals surface area (Å²) in [5.74, 6) is -1.84. The van der Waals surface area contributed by atoms with E-state index in [0.717, 1.165) is 6.07 Å². The van der Waals surface area contributed by atoms with Gasteiger partial charge in [-0.05, 0) is 54.6 Å². The van der Waals surface area contributed by atoms with Crippen LogP contribution in [0.5, 0.6) is 11.5 Å². The standard InChI is InChI=1S/C20H14ClN3O5/c21-14-3-1-2-12(8-14)20(28)29-24-16-6-4-15(5-7-16)22-23-19(27)13-9-17(25)11-18(26)10-13/h1-11,24-26H. The normalized spacial score (nSPS) is 10.7. The summed E-state index contributed by atoms with van der Waals surface area (Å²) in [5.41, 5.74) is 3.65. The number of rotatable bonds is 5.